The highest BCUT2D eigenvalue weighted by molar-refractivity contribution is 7.89. The number of carbonyl (C=O) groups excluding carboxylic acids is 2. The van der Waals surface area contributed by atoms with Crippen molar-refractivity contribution in [2.75, 3.05) is 32.1 Å². The van der Waals surface area contributed by atoms with Crippen LogP contribution in [0.2, 0.25) is 5.02 Å². The number of carbonyl (C=O) groups is 2. The molecule has 2 aliphatic rings. The Bertz CT molecular complexity index is 1200. The Hall–Kier alpha value is -2.62. The normalized spacial score (nSPS) is 18.0. The number of hydrogen-bond donors (Lipinski definition) is 1. The second kappa shape index (κ2) is 10.2. The lowest BCUT2D eigenvalue weighted by Gasteiger charge is -2.31. The van der Waals surface area contributed by atoms with Crippen molar-refractivity contribution in [3.05, 3.63) is 53.1 Å². The molecule has 1 saturated heterocycles. The van der Waals surface area contributed by atoms with Gasteiger partial charge in [-0.3, -0.25) is 9.59 Å². The average Bonchev–Trinajstić information content (AvgIpc) is 3.67. The van der Waals surface area contributed by atoms with Gasteiger partial charge in [0.2, 0.25) is 15.9 Å². The molecule has 188 valence electrons. The standard InChI is InChI=1S/C25H29ClN2O6S/c1-3-34-24(30)25(12-13-25)18-4-7-20(8-5-18)27-23(29)17-10-14-28(15-11-17)35(31,32)22-16-19(26)6-9-21(22)33-2/h4-9,16-17H,3,10-15H2,1-2H3,(H,27,29). The largest absolute Gasteiger partial charge is 0.495 e. The van der Waals surface area contributed by atoms with Crippen molar-refractivity contribution >= 4 is 39.2 Å². The zero-order valence-electron chi connectivity index (χ0n) is 19.8. The quantitative estimate of drug-likeness (QED) is 0.528. The maximum atomic E-state index is 13.1. The van der Waals surface area contributed by atoms with E-state index in [0.717, 1.165) is 18.4 Å². The Morgan fingerprint density at radius 3 is 2.34 bits per heavy atom. The molecule has 0 spiro atoms. The second-order valence-electron chi connectivity index (χ2n) is 8.84. The highest BCUT2D eigenvalue weighted by Gasteiger charge is 2.52. The first-order valence-electron chi connectivity index (χ1n) is 11.6. The van der Waals surface area contributed by atoms with E-state index < -0.39 is 15.4 Å². The Balaban J connectivity index is 1.36. The number of nitrogens with one attached hydrogen (secondary N) is 1. The van der Waals surface area contributed by atoms with Crippen LogP contribution in [-0.4, -0.2) is 51.4 Å². The third-order valence-electron chi connectivity index (χ3n) is 6.69. The molecule has 1 heterocycles. The minimum absolute atomic E-state index is 0.0201. The van der Waals surface area contributed by atoms with Crippen LogP contribution in [0.5, 0.6) is 5.75 Å². The number of benzene rings is 2. The summed E-state index contributed by atoms with van der Waals surface area (Å²) in [6.45, 7) is 2.58. The van der Waals surface area contributed by atoms with Gasteiger partial charge in [-0.05, 0) is 68.5 Å². The Labute approximate surface area is 210 Å². The molecule has 0 aromatic heterocycles. The van der Waals surface area contributed by atoms with E-state index in [-0.39, 0.29) is 41.5 Å². The van der Waals surface area contributed by atoms with Crippen molar-refractivity contribution in [1.29, 1.82) is 0 Å². The summed E-state index contributed by atoms with van der Waals surface area (Å²) in [5.74, 6) is -0.430. The molecule has 35 heavy (non-hydrogen) atoms. The van der Waals surface area contributed by atoms with E-state index in [1.807, 2.05) is 12.1 Å². The molecule has 0 unspecified atom stereocenters. The number of ether oxygens (including phenoxy) is 2. The molecule has 2 aromatic rings. The summed E-state index contributed by atoms with van der Waals surface area (Å²) in [5, 5.41) is 3.22. The van der Waals surface area contributed by atoms with Gasteiger partial charge in [0, 0.05) is 29.7 Å². The summed E-state index contributed by atoms with van der Waals surface area (Å²) in [6.07, 6.45) is 2.33. The van der Waals surface area contributed by atoms with E-state index in [0.29, 0.717) is 30.2 Å². The number of methoxy groups -OCH3 is 1. The van der Waals surface area contributed by atoms with Gasteiger partial charge < -0.3 is 14.8 Å². The summed E-state index contributed by atoms with van der Waals surface area (Å²) in [4.78, 5) is 25.1. The first-order valence-corrected chi connectivity index (χ1v) is 13.5. The number of halogens is 1. The van der Waals surface area contributed by atoms with Crippen molar-refractivity contribution in [2.24, 2.45) is 5.92 Å². The van der Waals surface area contributed by atoms with Crippen molar-refractivity contribution in [3.8, 4) is 5.75 Å². The molecule has 8 nitrogen and oxygen atoms in total. The molecule has 1 N–H and O–H groups in total. The topological polar surface area (TPSA) is 102 Å². The number of nitrogens with zero attached hydrogens (tertiary/aromatic N) is 1. The second-order valence-corrected chi connectivity index (χ2v) is 11.2. The molecule has 2 fully saturated rings. The van der Waals surface area contributed by atoms with E-state index in [9.17, 15) is 18.0 Å². The highest BCUT2D eigenvalue weighted by Crippen LogP contribution is 2.49. The smallest absolute Gasteiger partial charge is 0.316 e. The molecule has 0 bridgehead atoms. The van der Waals surface area contributed by atoms with Crippen LogP contribution in [0, 0.1) is 5.92 Å². The Morgan fingerprint density at radius 2 is 1.77 bits per heavy atom. The lowest BCUT2D eigenvalue weighted by Crippen LogP contribution is -2.41. The first kappa shape index (κ1) is 25.5. The molecule has 1 saturated carbocycles. The van der Waals surface area contributed by atoms with Crippen LogP contribution in [-0.2, 0) is 29.8 Å². The fraction of sp³-hybridized carbons (Fsp3) is 0.440. The number of sulfonamides is 1. The molecular weight excluding hydrogens is 492 g/mol. The number of piperidine rings is 1. The van der Waals surface area contributed by atoms with Crippen LogP contribution in [0.25, 0.3) is 0 Å². The predicted molar refractivity (Wildman–Crippen MR) is 132 cm³/mol. The van der Waals surface area contributed by atoms with Crippen LogP contribution in [0.1, 0.15) is 38.2 Å². The number of rotatable bonds is 8. The number of esters is 1. The van der Waals surface area contributed by atoms with E-state index in [1.165, 1.54) is 23.5 Å². The van der Waals surface area contributed by atoms with Gasteiger partial charge in [0.25, 0.3) is 0 Å². The predicted octanol–water partition coefficient (Wildman–Crippen LogP) is 3.98. The van der Waals surface area contributed by atoms with Crippen LogP contribution < -0.4 is 10.1 Å². The zero-order chi connectivity index (χ0) is 25.2. The van der Waals surface area contributed by atoms with Crippen molar-refractivity contribution in [3.63, 3.8) is 0 Å². The molecule has 4 rings (SSSR count). The lowest BCUT2D eigenvalue weighted by atomic mass is 9.95. The van der Waals surface area contributed by atoms with Gasteiger partial charge >= 0.3 is 5.97 Å². The minimum Gasteiger partial charge on any atom is -0.495 e. The summed E-state index contributed by atoms with van der Waals surface area (Å²) >= 11 is 6.01. The van der Waals surface area contributed by atoms with Crippen LogP contribution in [0.4, 0.5) is 5.69 Å². The van der Waals surface area contributed by atoms with Gasteiger partial charge in [-0.2, -0.15) is 4.31 Å². The van der Waals surface area contributed by atoms with Gasteiger partial charge in [-0.25, -0.2) is 8.42 Å². The molecular formula is C25H29ClN2O6S. The van der Waals surface area contributed by atoms with E-state index in [2.05, 4.69) is 5.32 Å². The third kappa shape index (κ3) is 5.17. The SMILES string of the molecule is CCOC(=O)C1(c2ccc(NC(=O)C3CCN(S(=O)(=O)c4cc(Cl)ccc4OC)CC3)cc2)CC1. The van der Waals surface area contributed by atoms with Crippen molar-refractivity contribution in [2.45, 2.75) is 42.9 Å². The van der Waals surface area contributed by atoms with Crippen molar-refractivity contribution in [1.82, 2.24) is 4.31 Å². The third-order valence-corrected chi connectivity index (χ3v) is 8.84. The number of amides is 1. The molecule has 1 aliphatic heterocycles. The van der Waals surface area contributed by atoms with Crippen LogP contribution in [0.3, 0.4) is 0 Å². The number of anilines is 1. The fourth-order valence-electron chi connectivity index (χ4n) is 4.47. The van der Waals surface area contributed by atoms with Gasteiger partial charge in [0.1, 0.15) is 10.6 Å². The molecule has 1 aliphatic carbocycles. The van der Waals surface area contributed by atoms with Crippen LogP contribution >= 0.6 is 11.6 Å². The van der Waals surface area contributed by atoms with Gasteiger partial charge in [0.15, 0.2) is 0 Å². The Morgan fingerprint density at radius 1 is 1.11 bits per heavy atom. The van der Waals surface area contributed by atoms with Gasteiger partial charge in [0.05, 0.1) is 19.1 Å². The summed E-state index contributed by atoms with van der Waals surface area (Å²) in [5.41, 5.74) is 0.976. The minimum atomic E-state index is -3.81. The zero-order valence-corrected chi connectivity index (χ0v) is 21.3. The fourth-order valence-corrected chi connectivity index (χ4v) is 6.36. The summed E-state index contributed by atoms with van der Waals surface area (Å²) < 4.78 is 38.1. The van der Waals surface area contributed by atoms with Gasteiger partial charge in [-0.15, -0.1) is 0 Å². The maximum absolute atomic E-state index is 13.1. The molecule has 10 heteroatoms. The lowest BCUT2D eigenvalue weighted by molar-refractivity contribution is -0.146. The van der Waals surface area contributed by atoms with E-state index in [1.54, 1.807) is 25.1 Å². The maximum Gasteiger partial charge on any atom is 0.316 e. The van der Waals surface area contributed by atoms with Crippen LogP contribution in [0.15, 0.2) is 47.4 Å². The van der Waals surface area contributed by atoms with E-state index in [4.69, 9.17) is 21.1 Å². The Kier molecular flexibility index (Phi) is 7.40. The average molecular weight is 521 g/mol. The monoisotopic (exact) mass is 520 g/mol. The molecule has 0 radical (unpaired) electrons. The van der Waals surface area contributed by atoms with E-state index >= 15 is 0 Å². The molecule has 2 aromatic carbocycles. The molecule has 1 amide bonds. The number of hydrogen-bond acceptors (Lipinski definition) is 6. The van der Waals surface area contributed by atoms with Crippen molar-refractivity contribution < 1.29 is 27.5 Å². The summed E-state index contributed by atoms with van der Waals surface area (Å²) in [6, 6.07) is 11.8. The molecule has 0 atom stereocenters. The first-order chi connectivity index (χ1) is 16.7. The highest BCUT2D eigenvalue weighted by atomic mass is 35.5. The summed E-state index contributed by atoms with van der Waals surface area (Å²) in [7, 11) is -2.40. The van der Waals surface area contributed by atoms with Gasteiger partial charge in [-0.1, -0.05) is 23.7 Å².